The second-order valence-corrected chi connectivity index (χ2v) is 14.0. The first-order valence-corrected chi connectivity index (χ1v) is 17.0. The maximum Gasteiger partial charge on any atom is 0.408 e. The number of carbonyl (C=O) groups is 5. The van der Waals surface area contributed by atoms with Crippen molar-refractivity contribution in [3.05, 3.63) is 84.3 Å². The highest BCUT2D eigenvalue weighted by Crippen LogP contribution is 2.20. The predicted molar refractivity (Wildman–Crippen MR) is 189 cm³/mol. The molecule has 2 aromatic carbocycles. The van der Waals surface area contributed by atoms with Crippen LogP contribution in [-0.4, -0.2) is 73.9 Å². The van der Waals surface area contributed by atoms with Gasteiger partial charge in [0.25, 0.3) is 0 Å². The Morgan fingerprint density at radius 3 is 2.26 bits per heavy atom. The molecule has 1 saturated heterocycles. The molecule has 2 heterocycles. The molecule has 0 bridgehead atoms. The molecule has 1 aliphatic rings. The molecule has 4 N–H and O–H groups in total. The Labute approximate surface area is 293 Å². The lowest BCUT2D eigenvalue weighted by Gasteiger charge is -2.29. The van der Waals surface area contributed by atoms with Gasteiger partial charge in [-0.25, -0.2) is 14.6 Å². The molecule has 13 heteroatoms. The number of alkyl carbamates (subject to hydrolysis) is 1. The second kappa shape index (κ2) is 17.0. The molecule has 13 nitrogen and oxygen atoms in total. The summed E-state index contributed by atoms with van der Waals surface area (Å²) in [6.07, 6.45) is 5.14. The molecule has 1 aliphatic heterocycles. The minimum absolute atomic E-state index is 0.0300. The number of ketones is 1. The Balaban J connectivity index is 1.36. The van der Waals surface area contributed by atoms with E-state index >= 15 is 0 Å². The third kappa shape index (κ3) is 11.5. The average molecular weight is 688 g/mol. The van der Waals surface area contributed by atoms with Gasteiger partial charge in [0, 0.05) is 19.3 Å². The summed E-state index contributed by atoms with van der Waals surface area (Å²) in [5.74, 6) is -0.986. The Morgan fingerprint density at radius 1 is 0.940 bits per heavy atom. The van der Waals surface area contributed by atoms with Gasteiger partial charge in [0.15, 0.2) is 11.6 Å². The van der Waals surface area contributed by atoms with E-state index < -0.39 is 41.1 Å². The SMILES string of the molecule is CC(C)(C)OC(=O)NC(C)(C)C(=O)N[C@H](CCCc1ccccc1)C(=O)Nc1cn(CC(=O)C2CCCN2C(=O)NCc2ccccc2)cn1. The third-order valence-corrected chi connectivity index (χ3v) is 8.20. The molecule has 2 atom stereocenters. The number of Topliss-reactive ketones (excluding diaryl/α,β-unsaturated/α-hetero) is 1. The number of aryl methyl sites for hydroxylation is 1. The van der Waals surface area contributed by atoms with Crippen LogP contribution < -0.4 is 21.3 Å². The zero-order valence-electron chi connectivity index (χ0n) is 29.5. The molecule has 0 radical (unpaired) electrons. The van der Waals surface area contributed by atoms with Gasteiger partial charge in [0.05, 0.1) is 18.9 Å². The highest BCUT2D eigenvalue weighted by Gasteiger charge is 2.35. The molecule has 0 aliphatic carbocycles. The lowest BCUT2D eigenvalue weighted by atomic mass is 10.0. The second-order valence-electron chi connectivity index (χ2n) is 14.0. The van der Waals surface area contributed by atoms with Crippen LogP contribution in [0.1, 0.15) is 71.4 Å². The van der Waals surface area contributed by atoms with Crippen LogP contribution in [0.3, 0.4) is 0 Å². The standard InChI is InChI=1S/C37H49N7O6/c1-36(2,3)50-35(49)42-37(4,5)33(47)40-28(19-12-18-26-14-8-6-9-15-26)32(46)41-31-24-43(25-39-31)23-30(45)29-20-13-21-44(29)34(48)38-22-27-16-10-7-11-17-27/h6-11,14-17,24-25,28-29H,12-13,18-23H2,1-5H3,(H,38,48)(H,40,47)(H,41,46)(H,42,49)/t28-,29?/m1/s1. The smallest absolute Gasteiger partial charge is 0.408 e. The third-order valence-electron chi connectivity index (χ3n) is 8.20. The Morgan fingerprint density at radius 2 is 1.60 bits per heavy atom. The van der Waals surface area contributed by atoms with Crippen molar-refractivity contribution in [3.63, 3.8) is 0 Å². The molecular weight excluding hydrogens is 638 g/mol. The van der Waals surface area contributed by atoms with Gasteiger partial charge in [-0.05, 0) is 77.8 Å². The number of benzene rings is 2. The molecule has 0 spiro atoms. The van der Waals surface area contributed by atoms with Gasteiger partial charge < -0.3 is 35.5 Å². The number of nitrogens with zero attached hydrogens (tertiary/aromatic N) is 3. The van der Waals surface area contributed by atoms with Crippen molar-refractivity contribution in [3.8, 4) is 0 Å². The number of aromatic nitrogens is 2. The van der Waals surface area contributed by atoms with Gasteiger partial charge in [-0.2, -0.15) is 0 Å². The zero-order valence-corrected chi connectivity index (χ0v) is 29.5. The number of nitrogens with one attached hydrogen (secondary N) is 4. The molecule has 0 saturated carbocycles. The predicted octanol–water partition coefficient (Wildman–Crippen LogP) is 4.58. The van der Waals surface area contributed by atoms with Gasteiger partial charge in [0.2, 0.25) is 11.8 Å². The first-order valence-electron chi connectivity index (χ1n) is 17.0. The normalized spacial score (nSPS) is 15.1. The summed E-state index contributed by atoms with van der Waals surface area (Å²) >= 11 is 0. The van der Waals surface area contributed by atoms with E-state index in [1.807, 2.05) is 60.7 Å². The zero-order chi connectivity index (χ0) is 36.3. The van der Waals surface area contributed by atoms with Crippen LogP contribution in [0.4, 0.5) is 15.4 Å². The number of anilines is 1. The topological polar surface area (TPSA) is 164 Å². The maximum atomic E-state index is 13.5. The largest absolute Gasteiger partial charge is 0.444 e. The summed E-state index contributed by atoms with van der Waals surface area (Å²) in [6.45, 7) is 9.05. The van der Waals surface area contributed by atoms with E-state index in [4.69, 9.17) is 4.74 Å². The lowest BCUT2D eigenvalue weighted by Crippen LogP contribution is -2.58. The van der Waals surface area contributed by atoms with E-state index in [-0.39, 0.29) is 24.2 Å². The van der Waals surface area contributed by atoms with Crippen molar-refractivity contribution in [2.45, 2.75) is 103 Å². The number of rotatable bonds is 14. The highest BCUT2D eigenvalue weighted by molar-refractivity contribution is 5.98. The number of urea groups is 1. The minimum atomic E-state index is -1.38. The van der Waals surface area contributed by atoms with Crippen LogP contribution in [0.15, 0.2) is 73.2 Å². The maximum absolute atomic E-state index is 13.5. The van der Waals surface area contributed by atoms with E-state index in [1.165, 1.54) is 20.2 Å². The van der Waals surface area contributed by atoms with E-state index in [1.54, 1.807) is 36.4 Å². The van der Waals surface area contributed by atoms with E-state index in [0.29, 0.717) is 38.8 Å². The molecule has 1 unspecified atom stereocenters. The number of hydrogen-bond acceptors (Lipinski definition) is 7. The van der Waals surface area contributed by atoms with Crippen LogP contribution in [0.25, 0.3) is 0 Å². The summed E-state index contributed by atoms with van der Waals surface area (Å²) < 4.78 is 6.87. The number of carbonyl (C=O) groups excluding carboxylic acids is 5. The van der Waals surface area contributed by atoms with Crippen LogP contribution in [0.5, 0.6) is 0 Å². The van der Waals surface area contributed by atoms with Crippen LogP contribution in [0.2, 0.25) is 0 Å². The van der Waals surface area contributed by atoms with Crippen molar-refractivity contribution in [2.24, 2.45) is 0 Å². The van der Waals surface area contributed by atoms with Gasteiger partial charge in [-0.1, -0.05) is 60.7 Å². The van der Waals surface area contributed by atoms with Crippen molar-refractivity contribution < 1.29 is 28.7 Å². The van der Waals surface area contributed by atoms with E-state index in [2.05, 4.69) is 26.3 Å². The fraction of sp³-hybridized carbons (Fsp3) is 0.459. The first kappa shape index (κ1) is 37.6. The van der Waals surface area contributed by atoms with Crippen LogP contribution in [0, 0.1) is 0 Å². The molecule has 1 fully saturated rings. The summed E-state index contributed by atoms with van der Waals surface area (Å²) in [5, 5.41) is 11.0. The molecule has 4 rings (SSSR count). The number of hydrogen-bond donors (Lipinski definition) is 4. The van der Waals surface area contributed by atoms with Crippen LogP contribution in [-0.2, 0) is 38.6 Å². The monoisotopic (exact) mass is 687 g/mol. The Hall–Kier alpha value is -5.20. The Kier molecular flexibility index (Phi) is 12.8. The summed E-state index contributed by atoms with van der Waals surface area (Å²) in [6, 6.07) is 17.6. The number of amides is 5. The fourth-order valence-electron chi connectivity index (χ4n) is 5.61. The molecule has 3 aromatic rings. The molecular formula is C37H49N7O6. The molecule has 1 aromatic heterocycles. The van der Waals surface area contributed by atoms with Crippen molar-refractivity contribution in [1.29, 1.82) is 0 Å². The fourth-order valence-corrected chi connectivity index (χ4v) is 5.61. The van der Waals surface area contributed by atoms with Crippen molar-refractivity contribution in [1.82, 2.24) is 30.4 Å². The van der Waals surface area contributed by atoms with Gasteiger partial charge in [-0.15, -0.1) is 0 Å². The first-order chi connectivity index (χ1) is 23.7. The Bertz CT molecular complexity index is 1620. The molecule has 5 amide bonds. The van der Waals surface area contributed by atoms with Crippen molar-refractivity contribution in [2.75, 3.05) is 11.9 Å². The van der Waals surface area contributed by atoms with Gasteiger partial charge >= 0.3 is 12.1 Å². The van der Waals surface area contributed by atoms with E-state index in [0.717, 1.165) is 17.5 Å². The van der Waals surface area contributed by atoms with Crippen molar-refractivity contribution >= 4 is 35.5 Å². The minimum Gasteiger partial charge on any atom is -0.444 e. The average Bonchev–Trinajstić information content (AvgIpc) is 3.73. The summed E-state index contributed by atoms with van der Waals surface area (Å²) in [4.78, 5) is 71.4. The quantitative estimate of drug-likeness (QED) is 0.193. The van der Waals surface area contributed by atoms with Gasteiger partial charge in [0.1, 0.15) is 17.2 Å². The summed E-state index contributed by atoms with van der Waals surface area (Å²) in [5.41, 5.74) is -0.0645. The van der Waals surface area contributed by atoms with Crippen LogP contribution >= 0.6 is 0 Å². The summed E-state index contributed by atoms with van der Waals surface area (Å²) in [7, 11) is 0. The number of imidazole rings is 1. The molecule has 50 heavy (non-hydrogen) atoms. The van der Waals surface area contributed by atoms with E-state index in [9.17, 15) is 24.0 Å². The highest BCUT2D eigenvalue weighted by atomic mass is 16.6. The van der Waals surface area contributed by atoms with Gasteiger partial charge in [-0.3, -0.25) is 14.4 Å². The lowest BCUT2D eigenvalue weighted by molar-refractivity contribution is -0.130. The number of likely N-dealkylation sites (tertiary alicyclic amines) is 1. The number of ether oxygens (including phenoxy) is 1. The molecule has 268 valence electrons.